The maximum Gasteiger partial charge on any atom is 0.379 e. The van der Waals surface area contributed by atoms with E-state index < -0.39 is 6.68 Å². The van der Waals surface area contributed by atoms with Crippen LogP contribution in [0, 0.1) is 0 Å². The monoisotopic (exact) mass is 308 g/mol. The molecule has 0 saturated heterocycles. The summed E-state index contributed by atoms with van der Waals surface area (Å²) in [5.41, 5.74) is 0. The number of benzene rings is 1. The van der Waals surface area contributed by atoms with Crippen molar-refractivity contribution in [2.24, 2.45) is 0 Å². The van der Waals surface area contributed by atoms with E-state index in [4.69, 9.17) is 4.74 Å². The molecular formula is C15H23F3OS. The minimum atomic E-state index is -3.67. The third kappa shape index (κ3) is 12.2. The maximum atomic E-state index is 9.67. The van der Waals surface area contributed by atoms with Gasteiger partial charge in [-0.25, -0.2) is 0 Å². The highest BCUT2D eigenvalue weighted by molar-refractivity contribution is 7.80. The second-order valence-electron chi connectivity index (χ2n) is 4.33. The van der Waals surface area contributed by atoms with Gasteiger partial charge in [0.1, 0.15) is 5.75 Å². The van der Waals surface area contributed by atoms with Gasteiger partial charge in [-0.3, -0.25) is 0 Å². The molecule has 1 rings (SSSR count). The van der Waals surface area contributed by atoms with Gasteiger partial charge in [-0.2, -0.15) is 13.2 Å². The van der Waals surface area contributed by atoms with Crippen LogP contribution in [0.15, 0.2) is 29.2 Å². The van der Waals surface area contributed by atoms with Gasteiger partial charge in [0.15, 0.2) is 0 Å². The van der Waals surface area contributed by atoms with Gasteiger partial charge in [0, 0.05) is 4.90 Å². The van der Waals surface area contributed by atoms with Gasteiger partial charge in [0.2, 0.25) is 0 Å². The molecule has 0 N–H and O–H groups in total. The molecule has 0 unspecified atom stereocenters. The van der Waals surface area contributed by atoms with Gasteiger partial charge in [0.05, 0.1) is 6.61 Å². The van der Waals surface area contributed by atoms with E-state index in [1.165, 1.54) is 32.1 Å². The molecule has 0 heterocycles. The summed E-state index contributed by atoms with van der Waals surface area (Å²) in [7, 11) is 0. The maximum absolute atomic E-state index is 9.67. The van der Waals surface area contributed by atoms with Crippen molar-refractivity contribution < 1.29 is 17.9 Å². The van der Waals surface area contributed by atoms with Crippen LogP contribution in [-0.2, 0) is 0 Å². The molecule has 0 amide bonds. The number of halogens is 3. The Bertz CT molecular complexity index is 332. The van der Waals surface area contributed by atoms with Crippen LogP contribution in [0.25, 0.3) is 0 Å². The molecule has 5 heteroatoms. The Morgan fingerprint density at radius 1 is 1.00 bits per heavy atom. The van der Waals surface area contributed by atoms with E-state index in [2.05, 4.69) is 19.6 Å². The first-order valence-corrected chi connectivity index (χ1v) is 7.35. The second-order valence-corrected chi connectivity index (χ2v) is 4.81. The molecule has 0 aromatic heterocycles. The molecule has 1 aromatic rings. The average molecular weight is 308 g/mol. The molecule has 0 bridgehead atoms. The summed E-state index contributed by atoms with van der Waals surface area (Å²) in [5.74, 6) is 0.902. The largest absolute Gasteiger partial charge is 0.492 e. The number of hydrogen-bond acceptors (Lipinski definition) is 2. The predicted octanol–water partition coefficient (Wildman–Crippen LogP) is 5.89. The smallest absolute Gasteiger partial charge is 0.379 e. The Morgan fingerprint density at radius 3 is 2.15 bits per heavy atom. The normalized spacial score (nSPS) is 10.1. The highest BCUT2D eigenvalue weighted by Gasteiger charge is 1.97. The number of ether oxygens (including phenoxy) is 1. The van der Waals surface area contributed by atoms with E-state index in [9.17, 15) is 13.2 Å². The summed E-state index contributed by atoms with van der Waals surface area (Å²) < 4.78 is 34.7. The summed E-state index contributed by atoms with van der Waals surface area (Å²) in [6.07, 6.45) is 7.78. The first-order valence-electron chi connectivity index (χ1n) is 6.91. The Kier molecular flexibility index (Phi) is 12.6. The van der Waals surface area contributed by atoms with Crippen molar-refractivity contribution >= 4 is 12.6 Å². The third-order valence-corrected chi connectivity index (χ3v) is 2.99. The lowest BCUT2D eigenvalue weighted by Crippen LogP contribution is -1.97. The number of para-hydroxylation sites is 1. The Morgan fingerprint density at radius 2 is 1.55 bits per heavy atom. The summed E-state index contributed by atoms with van der Waals surface area (Å²) in [6.45, 7) is -0.615. The molecule has 0 saturated carbocycles. The van der Waals surface area contributed by atoms with Crippen LogP contribution in [0.4, 0.5) is 13.2 Å². The number of thiol groups is 1. The lowest BCUT2D eigenvalue weighted by molar-refractivity contribution is 0.00819. The molecule has 0 radical (unpaired) electrons. The quantitative estimate of drug-likeness (QED) is 0.465. The van der Waals surface area contributed by atoms with Crippen LogP contribution in [-0.4, -0.2) is 13.3 Å². The van der Waals surface area contributed by atoms with Crippen molar-refractivity contribution in [2.75, 3.05) is 6.61 Å². The van der Waals surface area contributed by atoms with Gasteiger partial charge in [-0.15, -0.1) is 12.6 Å². The number of hydrogen-bond donors (Lipinski definition) is 1. The topological polar surface area (TPSA) is 9.23 Å². The molecule has 0 spiro atoms. The first kappa shape index (κ1) is 19.2. The summed E-state index contributed by atoms with van der Waals surface area (Å²) in [5, 5.41) is 0. The zero-order valence-electron chi connectivity index (χ0n) is 11.8. The number of unbranched alkanes of at least 4 members (excludes halogenated alkanes) is 5. The predicted molar refractivity (Wildman–Crippen MR) is 79.7 cm³/mol. The van der Waals surface area contributed by atoms with E-state index in [0.29, 0.717) is 0 Å². The first-order chi connectivity index (χ1) is 9.57. The molecule has 0 aliphatic carbocycles. The van der Waals surface area contributed by atoms with E-state index >= 15 is 0 Å². The minimum absolute atomic E-state index is 0.809. The van der Waals surface area contributed by atoms with E-state index in [-0.39, 0.29) is 0 Å². The fourth-order valence-electron chi connectivity index (χ4n) is 1.64. The van der Waals surface area contributed by atoms with Gasteiger partial charge < -0.3 is 4.74 Å². The van der Waals surface area contributed by atoms with Crippen molar-refractivity contribution in [3.63, 3.8) is 0 Å². The third-order valence-electron chi connectivity index (χ3n) is 2.62. The lowest BCUT2D eigenvalue weighted by atomic mass is 10.1. The van der Waals surface area contributed by atoms with Crippen LogP contribution in [0.2, 0.25) is 0 Å². The van der Waals surface area contributed by atoms with Gasteiger partial charge in [0.25, 0.3) is 0 Å². The molecule has 0 aliphatic heterocycles. The summed E-state index contributed by atoms with van der Waals surface area (Å²) in [4.78, 5) is 0.925. The van der Waals surface area contributed by atoms with Gasteiger partial charge >= 0.3 is 6.68 Å². The van der Waals surface area contributed by atoms with Crippen LogP contribution in [0.3, 0.4) is 0 Å². The number of rotatable bonds is 8. The van der Waals surface area contributed by atoms with Crippen molar-refractivity contribution in [3.05, 3.63) is 24.3 Å². The highest BCUT2D eigenvalue weighted by atomic mass is 32.1. The van der Waals surface area contributed by atoms with Crippen LogP contribution in [0.5, 0.6) is 5.75 Å². The Labute approximate surface area is 124 Å². The second kappa shape index (κ2) is 13.2. The number of alkyl halides is 3. The average Bonchev–Trinajstić information content (AvgIpc) is 2.39. The molecule has 116 valence electrons. The molecular weight excluding hydrogens is 285 g/mol. The fraction of sp³-hybridized carbons (Fsp3) is 0.600. The van der Waals surface area contributed by atoms with E-state index in [0.717, 1.165) is 23.7 Å². The van der Waals surface area contributed by atoms with Crippen molar-refractivity contribution in [2.45, 2.75) is 57.0 Å². The van der Waals surface area contributed by atoms with E-state index in [1.807, 2.05) is 24.3 Å². The molecule has 20 heavy (non-hydrogen) atoms. The molecule has 0 fully saturated rings. The van der Waals surface area contributed by atoms with E-state index in [1.54, 1.807) is 0 Å². The summed E-state index contributed by atoms with van der Waals surface area (Å²) >= 11 is 4.34. The molecule has 0 atom stereocenters. The Balaban J connectivity index is 0.000000796. The highest BCUT2D eigenvalue weighted by Crippen LogP contribution is 2.21. The molecule has 1 nitrogen and oxygen atoms in total. The lowest BCUT2D eigenvalue weighted by Gasteiger charge is -2.07. The fourth-order valence-corrected chi connectivity index (χ4v) is 1.87. The summed E-state index contributed by atoms with van der Waals surface area (Å²) in [6, 6.07) is 7.88. The van der Waals surface area contributed by atoms with Crippen LogP contribution >= 0.6 is 12.6 Å². The van der Waals surface area contributed by atoms with Crippen molar-refractivity contribution in [1.82, 2.24) is 0 Å². The zero-order chi connectivity index (χ0) is 15.2. The van der Waals surface area contributed by atoms with Crippen molar-refractivity contribution in [1.29, 1.82) is 0 Å². The van der Waals surface area contributed by atoms with Gasteiger partial charge in [-0.1, -0.05) is 51.2 Å². The molecule has 1 aromatic carbocycles. The zero-order valence-corrected chi connectivity index (χ0v) is 12.7. The SMILES string of the molecule is CCCCCCCCOc1ccccc1S.FC(F)F. The standard InChI is InChI=1S/C14H22OS.CHF3/c1-2-3-4-5-6-9-12-15-13-10-7-8-11-14(13)16;2-1(3)4/h7-8,10-11,16H,2-6,9,12H2,1H3;1H. The Hall–Kier alpha value is -0.840. The minimum Gasteiger partial charge on any atom is -0.492 e. The van der Waals surface area contributed by atoms with Crippen molar-refractivity contribution in [3.8, 4) is 5.75 Å². The van der Waals surface area contributed by atoms with Gasteiger partial charge in [-0.05, 0) is 18.6 Å². The molecule has 0 aliphatic rings. The van der Waals surface area contributed by atoms with Crippen LogP contribution < -0.4 is 4.74 Å². The van der Waals surface area contributed by atoms with Crippen LogP contribution in [0.1, 0.15) is 45.4 Å².